The Hall–Kier alpha value is -2.86. The molecule has 0 unspecified atom stereocenters. The van der Waals surface area contributed by atoms with E-state index in [1.54, 1.807) is 32.4 Å². The van der Waals surface area contributed by atoms with Gasteiger partial charge in [-0.15, -0.1) is 0 Å². The summed E-state index contributed by atoms with van der Waals surface area (Å²) in [6.07, 6.45) is 2.91. The normalized spacial score (nSPS) is 13.1. The smallest absolute Gasteiger partial charge is 0.336 e. The predicted octanol–water partition coefficient (Wildman–Crippen LogP) is 5.16. The van der Waals surface area contributed by atoms with Gasteiger partial charge in [0.15, 0.2) is 6.73 Å². The van der Waals surface area contributed by atoms with Crippen LogP contribution in [0.15, 0.2) is 39.5 Å². The summed E-state index contributed by atoms with van der Waals surface area (Å²) in [5.74, 6) is 1.87. The zero-order chi connectivity index (χ0) is 21.3. The van der Waals surface area contributed by atoms with Gasteiger partial charge in [-0.25, -0.2) is 4.79 Å². The minimum Gasteiger partial charge on any atom is -0.495 e. The number of hydrogen-bond donors (Lipinski definition) is 0. The van der Waals surface area contributed by atoms with E-state index in [0.717, 1.165) is 41.5 Å². The first-order chi connectivity index (χ1) is 14.5. The Morgan fingerprint density at radius 3 is 2.67 bits per heavy atom. The number of methoxy groups -OCH3 is 2. The molecule has 0 atom stereocenters. The van der Waals surface area contributed by atoms with Crippen molar-refractivity contribution in [3.63, 3.8) is 0 Å². The Bertz CT molecular complexity index is 1140. The summed E-state index contributed by atoms with van der Waals surface area (Å²) >= 11 is 6.36. The van der Waals surface area contributed by atoms with E-state index in [2.05, 4.69) is 6.92 Å². The summed E-state index contributed by atoms with van der Waals surface area (Å²) in [4.78, 5) is 14.2. The van der Waals surface area contributed by atoms with Crippen molar-refractivity contribution in [2.24, 2.45) is 0 Å². The number of anilines is 1. The van der Waals surface area contributed by atoms with Gasteiger partial charge >= 0.3 is 5.63 Å². The van der Waals surface area contributed by atoms with Crippen LogP contribution >= 0.6 is 11.6 Å². The topological polar surface area (TPSA) is 61.1 Å². The Morgan fingerprint density at radius 1 is 1.13 bits per heavy atom. The van der Waals surface area contributed by atoms with Crippen molar-refractivity contribution < 1.29 is 18.6 Å². The highest BCUT2D eigenvalue weighted by atomic mass is 35.5. The van der Waals surface area contributed by atoms with E-state index in [1.165, 1.54) is 0 Å². The maximum absolute atomic E-state index is 12.2. The Kier molecular flexibility index (Phi) is 5.77. The fraction of sp³-hybridized carbons (Fsp3) is 0.348. The molecule has 2 aromatic carbocycles. The Morgan fingerprint density at radius 2 is 1.93 bits per heavy atom. The quantitative estimate of drug-likeness (QED) is 0.504. The molecule has 0 saturated carbocycles. The molecule has 0 bridgehead atoms. The zero-order valence-corrected chi connectivity index (χ0v) is 18.0. The monoisotopic (exact) mass is 429 g/mol. The third-order valence-corrected chi connectivity index (χ3v) is 5.67. The van der Waals surface area contributed by atoms with Crippen LogP contribution in [-0.4, -0.2) is 21.0 Å². The average molecular weight is 430 g/mol. The summed E-state index contributed by atoms with van der Waals surface area (Å²) < 4.78 is 22.5. The number of halogens is 1. The van der Waals surface area contributed by atoms with Crippen LogP contribution in [0.2, 0.25) is 5.02 Å². The second kappa shape index (κ2) is 8.48. The molecule has 0 radical (unpaired) electrons. The van der Waals surface area contributed by atoms with Crippen molar-refractivity contribution in [1.82, 2.24) is 0 Å². The van der Waals surface area contributed by atoms with Crippen molar-refractivity contribution >= 4 is 28.3 Å². The molecule has 0 amide bonds. The van der Waals surface area contributed by atoms with Crippen LogP contribution in [0.4, 0.5) is 5.69 Å². The lowest BCUT2D eigenvalue weighted by molar-refractivity contribution is 0.286. The molecule has 2 heterocycles. The molecule has 6 nitrogen and oxygen atoms in total. The second-order valence-electron chi connectivity index (χ2n) is 7.24. The van der Waals surface area contributed by atoms with Crippen molar-refractivity contribution in [1.29, 1.82) is 0 Å². The van der Waals surface area contributed by atoms with E-state index >= 15 is 0 Å². The number of aryl methyl sites for hydroxylation is 1. The molecule has 0 saturated heterocycles. The van der Waals surface area contributed by atoms with E-state index in [9.17, 15) is 4.79 Å². The van der Waals surface area contributed by atoms with Gasteiger partial charge in [-0.2, -0.15) is 0 Å². The number of rotatable bonds is 6. The molecule has 1 aliphatic rings. The van der Waals surface area contributed by atoms with Gasteiger partial charge in [0.05, 0.1) is 37.0 Å². The van der Waals surface area contributed by atoms with Crippen molar-refractivity contribution in [2.75, 3.05) is 25.9 Å². The minimum atomic E-state index is -0.343. The SMILES string of the molecule is CCCCc1cc(=O)oc2c3c(ccc12)OCN(c1cc(Cl)c(OC)cc1OC)C3. The summed E-state index contributed by atoms with van der Waals surface area (Å²) in [5.41, 5.74) is 2.85. The van der Waals surface area contributed by atoms with Crippen LogP contribution in [-0.2, 0) is 13.0 Å². The molecule has 0 aliphatic carbocycles. The van der Waals surface area contributed by atoms with Crippen LogP contribution in [0.5, 0.6) is 17.2 Å². The molecule has 158 valence electrons. The average Bonchev–Trinajstić information content (AvgIpc) is 2.76. The van der Waals surface area contributed by atoms with Crippen molar-refractivity contribution in [3.05, 3.63) is 56.9 Å². The Labute approximate surface area is 179 Å². The lowest BCUT2D eigenvalue weighted by Crippen LogP contribution is -2.32. The highest BCUT2D eigenvalue weighted by molar-refractivity contribution is 6.32. The molecule has 1 aliphatic heterocycles. The van der Waals surface area contributed by atoms with Gasteiger partial charge in [-0.05, 0) is 36.6 Å². The van der Waals surface area contributed by atoms with Crippen LogP contribution in [0.1, 0.15) is 30.9 Å². The highest BCUT2D eigenvalue weighted by Crippen LogP contribution is 2.41. The Balaban J connectivity index is 1.79. The van der Waals surface area contributed by atoms with Gasteiger partial charge in [0.2, 0.25) is 0 Å². The minimum absolute atomic E-state index is 0.317. The number of benzene rings is 2. The van der Waals surface area contributed by atoms with Crippen molar-refractivity contribution in [3.8, 4) is 17.2 Å². The van der Waals surface area contributed by atoms with E-state index in [-0.39, 0.29) is 5.63 Å². The van der Waals surface area contributed by atoms with Gasteiger partial charge in [0, 0.05) is 17.5 Å². The van der Waals surface area contributed by atoms with Gasteiger partial charge in [0.25, 0.3) is 0 Å². The van der Waals surface area contributed by atoms with E-state index in [0.29, 0.717) is 41.1 Å². The fourth-order valence-electron chi connectivity index (χ4n) is 3.82. The number of hydrogen-bond acceptors (Lipinski definition) is 6. The van der Waals surface area contributed by atoms with Gasteiger partial charge in [0.1, 0.15) is 22.8 Å². The molecule has 1 aromatic heterocycles. The lowest BCUT2D eigenvalue weighted by Gasteiger charge is -2.32. The molecule has 3 aromatic rings. The van der Waals surface area contributed by atoms with E-state index in [1.807, 2.05) is 17.0 Å². The summed E-state index contributed by atoms with van der Waals surface area (Å²) in [6, 6.07) is 9.06. The molecule has 30 heavy (non-hydrogen) atoms. The lowest BCUT2D eigenvalue weighted by atomic mass is 10.0. The first-order valence-electron chi connectivity index (χ1n) is 9.93. The largest absolute Gasteiger partial charge is 0.495 e. The second-order valence-corrected chi connectivity index (χ2v) is 7.65. The maximum atomic E-state index is 12.2. The zero-order valence-electron chi connectivity index (χ0n) is 17.3. The third-order valence-electron chi connectivity index (χ3n) is 5.38. The molecule has 0 N–H and O–H groups in total. The van der Waals surface area contributed by atoms with E-state index < -0.39 is 0 Å². The molecular weight excluding hydrogens is 406 g/mol. The molecular formula is C23H24ClNO5. The summed E-state index contributed by atoms with van der Waals surface area (Å²) in [5, 5.41) is 1.43. The van der Waals surface area contributed by atoms with Gasteiger partial charge in [-0.3, -0.25) is 0 Å². The van der Waals surface area contributed by atoms with Crippen LogP contribution in [0, 0.1) is 0 Å². The van der Waals surface area contributed by atoms with Gasteiger partial charge in [-0.1, -0.05) is 24.9 Å². The van der Waals surface area contributed by atoms with Crippen molar-refractivity contribution in [2.45, 2.75) is 32.7 Å². The summed E-state index contributed by atoms with van der Waals surface area (Å²) in [6.45, 7) is 2.94. The molecule has 0 fully saturated rings. The van der Waals surface area contributed by atoms with E-state index in [4.69, 9.17) is 30.2 Å². The van der Waals surface area contributed by atoms with Crippen LogP contribution in [0.3, 0.4) is 0 Å². The first-order valence-corrected chi connectivity index (χ1v) is 10.3. The number of ether oxygens (including phenoxy) is 3. The number of unbranched alkanes of at least 4 members (excludes halogenated alkanes) is 1. The molecule has 7 heteroatoms. The van der Waals surface area contributed by atoms with Crippen LogP contribution in [0.25, 0.3) is 11.0 Å². The molecule has 4 rings (SSSR count). The predicted molar refractivity (Wildman–Crippen MR) is 117 cm³/mol. The third kappa shape index (κ3) is 3.67. The maximum Gasteiger partial charge on any atom is 0.336 e. The standard InChI is InChI=1S/C23H24ClNO5/c1-4-5-6-14-9-22(26)30-23-15(14)7-8-19-16(23)12-25(13-29-19)18-10-17(24)20(27-2)11-21(18)28-3/h7-11H,4-6,12-13H2,1-3H3. The van der Waals surface area contributed by atoms with Crippen LogP contribution < -0.4 is 24.7 Å². The number of nitrogens with zero attached hydrogens (tertiary/aromatic N) is 1. The molecule has 0 spiro atoms. The van der Waals surface area contributed by atoms with Gasteiger partial charge < -0.3 is 23.5 Å². The highest BCUT2D eigenvalue weighted by Gasteiger charge is 2.25. The number of fused-ring (bicyclic) bond motifs is 3. The fourth-order valence-corrected chi connectivity index (χ4v) is 4.05. The first kappa shape index (κ1) is 20.4. The summed E-state index contributed by atoms with van der Waals surface area (Å²) in [7, 11) is 3.16.